The number of aryl methyl sites for hydroxylation is 2. The van der Waals surface area contributed by atoms with E-state index < -0.39 is 0 Å². The summed E-state index contributed by atoms with van der Waals surface area (Å²) >= 11 is 0. The van der Waals surface area contributed by atoms with Crippen molar-refractivity contribution < 1.29 is 9.26 Å². The number of nitrogens with zero attached hydrogens (tertiary/aromatic N) is 5. The molecule has 0 aliphatic heterocycles. The van der Waals surface area contributed by atoms with E-state index >= 15 is 0 Å². The molecule has 0 saturated carbocycles. The minimum Gasteiger partial charge on any atom is -0.487 e. The van der Waals surface area contributed by atoms with Gasteiger partial charge in [0.2, 0.25) is 0 Å². The molecule has 152 valence electrons. The van der Waals surface area contributed by atoms with Gasteiger partial charge in [-0.05, 0) is 37.6 Å². The van der Waals surface area contributed by atoms with Crippen LogP contribution >= 0.6 is 0 Å². The average Bonchev–Trinajstić information content (AvgIpc) is 3.32. The molecule has 0 aliphatic carbocycles. The SMILES string of the molecule is Cc1noc(C)c1-c1cc2[nH]c3ccnc(-c4ccccc4)c3c2cc1OCN=[N+]=[N-]. The van der Waals surface area contributed by atoms with Gasteiger partial charge in [-0.2, -0.15) is 0 Å². The molecule has 3 aromatic heterocycles. The highest BCUT2D eigenvalue weighted by Crippen LogP contribution is 2.41. The van der Waals surface area contributed by atoms with Gasteiger partial charge < -0.3 is 14.2 Å². The number of aromatic amines is 1. The zero-order valence-corrected chi connectivity index (χ0v) is 17.0. The van der Waals surface area contributed by atoms with Gasteiger partial charge in [-0.3, -0.25) is 4.98 Å². The lowest BCUT2D eigenvalue weighted by Gasteiger charge is -2.11. The molecule has 0 aliphatic rings. The van der Waals surface area contributed by atoms with Crippen molar-refractivity contribution in [2.24, 2.45) is 5.11 Å². The second-order valence-electron chi connectivity index (χ2n) is 7.17. The first-order valence-electron chi connectivity index (χ1n) is 9.74. The number of benzene rings is 2. The van der Waals surface area contributed by atoms with Crippen LogP contribution in [-0.2, 0) is 0 Å². The van der Waals surface area contributed by atoms with Crippen LogP contribution in [0.4, 0.5) is 0 Å². The second-order valence-corrected chi connectivity index (χ2v) is 7.17. The van der Waals surface area contributed by atoms with Crippen LogP contribution in [0.25, 0.3) is 54.6 Å². The fraction of sp³-hybridized carbons (Fsp3) is 0.130. The maximum atomic E-state index is 8.67. The number of aromatic nitrogens is 3. The number of hydrogen-bond acceptors (Lipinski definition) is 5. The monoisotopic (exact) mass is 410 g/mol. The number of ether oxygens (including phenoxy) is 1. The lowest BCUT2D eigenvalue weighted by atomic mass is 9.99. The van der Waals surface area contributed by atoms with Gasteiger partial charge in [0.05, 0.1) is 22.5 Å². The normalized spacial score (nSPS) is 11.0. The van der Waals surface area contributed by atoms with Crippen LogP contribution < -0.4 is 4.74 Å². The molecule has 8 nitrogen and oxygen atoms in total. The summed E-state index contributed by atoms with van der Waals surface area (Å²) in [4.78, 5) is 10.9. The van der Waals surface area contributed by atoms with E-state index in [1.807, 2.05) is 62.4 Å². The van der Waals surface area contributed by atoms with Crippen LogP contribution in [-0.4, -0.2) is 21.9 Å². The maximum Gasteiger partial charge on any atom is 0.167 e. The van der Waals surface area contributed by atoms with Gasteiger partial charge in [0.15, 0.2) is 6.73 Å². The van der Waals surface area contributed by atoms with Crippen LogP contribution in [0.2, 0.25) is 0 Å². The Bertz CT molecular complexity index is 1440. The van der Waals surface area contributed by atoms with Crippen molar-refractivity contribution in [3.8, 4) is 28.1 Å². The molecule has 0 unspecified atom stereocenters. The zero-order chi connectivity index (χ0) is 21.4. The summed E-state index contributed by atoms with van der Waals surface area (Å²) in [6.45, 7) is 3.62. The number of fused-ring (bicyclic) bond motifs is 3. The summed E-state index contributed by atoms with van der Waals surface area (Å²) in [6, 6.07) is 16.0. The Hall–Kier alpha value is -4.29. The van der Waals surface area contributed by atoms with E-state index in [-0.39, 0.29) is 6.73 Å². The number of nitrogens with one attached hydrogen (secondary N) is 1. The van der Waals surface area contributed by atoms with Gasteiger partial charge in [-0.1, -0.05) is 40.6 Å². The summed E-state index contributed by atoms with van der Waals surface area (Å²) in [7, 11) is 0. The fourth-order valence-corrected chi connectivity index (χ4v) is 4.00. The first kappa shape index (κ1) is 18.7. The molecule has 2 aromatic carbocycles. The summed E-state index contributed by atoms with van der Waals surface area (Å²) in [5.41, 5.74) is 14.9. The predicted molar refractivity (Wildman–Crippen MR) is 119 cm³/mol. The van der Waals surface area contributed by atoms with E-state index in [0.717, 1.165) is 49.9 Å². The molecule has 5 rings (SSSR count). The van der Waals surface area contributed by atoms with Crippen molar-refractivity contribution in [2.45, 2.75) is 13.8 Å². The number of hydrogen-bond donors (Lipinski definition) is 1. The first-order chi connectivity index (χ1) is 15.2. The lowest BCUT2D eigenvalue weighted by Crippen LogP contribution is -1.96. The molecule has 3 heterocycles. The average molecular weight is 410 g/mol. The first-order valence-corrected chi connectivity index (χ1v) is 9.74. The Morgan fingerprint density at radius 1 is 1.13 bits per heavy atom. The van der Waals surface area contributed by atoms with E-state index in [1.165, 1.54) is 0 Å². The van der Waals surface area contributed by atoms with Crippen molar-refractivity contribution in [3.05, 3.63) is 76.6 Å². The van der Waals surface area contributed by atoms with Crippen molar-refractivity contribution in [3.63, 3.8) is 0 Å². The summed E-state index contributed by atoms with van der Waals surface area (Å²) in [5.74, 6) is 1.27. The highest BCUT2D eigenvalue weighted by molar-refractivity contribution is 6.14. The minimum atomic E-state index is -0.121. The molecule has 0 fully saturated rings. The van der Waals surface area contributed by atoms with Crippen molar-refractivity contribution in [1.82, 2.24) is 15.1 Å². The second kappa shape index (κ2) is 7.51. The van der Waals surface area contributed by atoms with Gasteiger partial charge in [0, 0.05) is 38.5 Å². The standard InChI is InChI=1S/C23H18N6O2/c1-13-21(14(2)31-28-13)17-10-19-16(11-20(17)30-12-26-29-24)22-18(27-19)8-9-25-23(22)15-6-4-3-5-7-15/h3-11,27H,12H2,1-2H3. The Morgan fingerprint density at radius 3 is 2.71 bits per heavy atom. The number of H-pyrrole nitrogens is 1. The van der Waals surface area contributed by atoms with E-state index in [9.17, 15) is 0 Å². The Balaban J connectivity index is 1.81. The van der Waals surface area contributed by atoms with E-state index in [2.05, 4.69) is 25.2 Å². The highest BCUT2D eigenvalue weighted by Gasteiger charge is 2.20. The number of pyridine rings is 1. The Kier molecular flexibility index (Phi) is 4.54. The van der Waals surface area contributed by atoms with Crippen molar-refractivity contribution in [2.75, 3.05) is 6.73 Å². The van der Waals surface area contributed by atoms with Crippen LogP contribution in [0.1, 0.15) is 11.5 Å². The van der Waals surface area contributed by atoms with Gasteiger partial charge in [0.1, 0.15) is 11.5 Å². The number of azide groups is 1. The van der Waals surface area contributed by atoms with Gasteiger partial charge >= 0.3 is 0 Å². The molecule has 0 spiro atoms. The van der Waals surface area contributed by atoms with Crippen LogP contribution in [0.15, 0.2) is 64.4 Å². The van der Waals surface area contributed by atoms with E-state index in [0.29, 0.717) is 11.5 Å². The number of rotatable bonds is 5. The Labute approximate surface area is 177 Å². The van der Waals surface area contributed by atoms with Crippen LogP contribution in [0, 0.1) is 13.8 Å². The third-order valence-corrected chi connectivity index (χ3v) is 5.30. The molecular weight excluding hydrogens is 392 g/mol. The molecule has 0 bridgehead atoms. The van der Waals surface area contributed by atoms with Crippen LogP contribution in [0.5, 0.6) is 5.75 Å². The maximum absolute atomic E-state index is 8.67. The summed E-state index contributed by atoms with van der Waals surface area (Å²) < 4.78 is 11.2. The van der Waals surface area contributed by atoms with Crippen molar-refractivity contribution >= 4 is 21.8 Å². The molecule has 0 saturated heterocycles. The van der Waals surface area contributed by atoms with E-state index in [1.54, 1.807) is 6.20 Å². The molecule has 8 heteroatoms. The fourth-order valence-electron chi connectivity index (χ4n) is 4.00. The molecule has 31 heavy (non-hydrogen) atoms. The molecule has 0 radical (unpaired) electrons. The molecule has 5 aromatic rings. The largest absolute Gasteiger partial charge is 0.487 e. The summed E-state index contributed by atoms with van der Waals surface area (Å²) in [5, 5.41) is 9.57. The zero-order valence-electron chi connectivity index (χ0n) is 17.0. The quantitative estimate of drug-likeness (QED) is 0.208. The molecule has 0 amide bonds. The van der Waals surface area contributed by atoms with Gasteiger partial charge in [-0.25, -0.2) is 0 Å². The molecule has 1 N–H and O–H groups in total. The summed E-state index contributed by atoms with van der Waals surface area (Å²) in [6.07, 6.45) is 1.80. The smallest absolute Gasteiger partial charge is 0.167 e. The molecule has 0 atom stereocenters. The van der Waals surface area contributed by atoms with Crippen molar-refractivity contribution in [1.29, 1.82) is 0 Å². The lowest BCUT2D eigenvalue weighted by molar-refractivity contribution is 0.331. The molecular formula is C23H18N6O2. The third-order valence-electron chi connectivity index (χ3n) is 5.30. The third kappa shape index (κ3) is 3.15. The Morgan fingerprint density at radius 2 is 1.97 bits per heavy atom. The van der Waals surface area contributed by atoms with Gasteiger partial charge in [0.25, 0.3) is 0 Å². The van der Waals surface area contributed by atoms with Crippen LogP contribution in [0.3, 0.4) is 0 Å². The van der Waals surface area contributed by atoms with Gasteiger partial charge in [-0.15, -0.1) is 0 Å². The topological polar surface area (TPSA) is 113 Å². The minimum absolute atomic E-state index is 0.121. The van der Waals surface area contributed by atoms with E-state index in [4.69, 9.17) is 14.8 Å². The predicted octanol–water partition coefficient (Wildman–Crippen LogP) is 6.30. The highest BCUT2D eigenvalue weighted by atomic mass is 16.5.